The van der Waals surface area contributed by atoms with Crippen LogP contribution in [0.1, 0.15) is 32.6 Å². The summed E-state index contributed by atoms with van der Waals surface area (Å²) in [5.74, 6) is 0. The largest absolute Gasteiger partial charge is 0.394 e. The predicted octanol–water partition coefficient (Wildman–Crippen LogP) is -1.24. The van der Waals surface area contributed by atoms with E-state index in [1.54, 1.807) is 0 Å². The van der Waals surface area contributed by atoms with Crippen molar-refractivity contribution >= 4 is 0 Å². The van der Waals surface area contributed by atoms with Crippen molar-refractivity contribution in [3.05, 3.63) is 0 Å². The van der Waals surface area contributed by atoms with Crippen molar-refractivity contribution in [2.75, 3.05) is 26.4 Å². The summed E-state index contributed by atoms with van der Waals surface area (Å²) in [6.07, 6.45) is -3.14. The molecule has 1 unspecified atom stereocenters. The Balaban J connectivity index is 2.22. The minimum Gasteiger partial charge on any atom is -0.394 e. The molecule has 0 saturated carbocycles. The van der Waals surface area contributed by atoms with Crippen LogP contribution < -0.4 is 0 Å². The molecule has 0 aliphatic carbocycles. The van der Waals surface area contributed by atoms with Crippen LogP contribution in [0.5, 0.6) is 0 Å². The lowest BCUT2D eigenvalue weighted by atomic mass is 9.99. The quantitative estimate of drug-likeness (QED) is 0.296. The molecule has 8 nitrogen and oxygen atoms in total. The monoisotopic (exact) mass is 338 g/mol. The minimum atomic E-state index is -1.49. The minimum absolute atomic E-state index is 0.0910. The van der Waals surface area contributed by atoms with E-state index in [4.69, 9.17) is 19.3 Å². The van der Waals surface area contributed by atoms with Crippen molar-refractivity contribution in [1.29, 1.82) is 0 Å². The first-order valence-corrected chi connectivity index (χ1v) is 8.19. The van der Waals surface area contributed by atoms with Crippen molar-refractivity contribution in [3.63, 3.8) is 0 Å². The van der Waals surface area contributed by atoms with Gasteiger partial charge in [0, 0.05) is 6.61 Å². The maximum atomic E-state index is 9.88. The topological polar surface area (TPSA) is 129 Å². The highest BCUT2D eigenvalue weighted by molar-refractivity contribution is 4.89. The van der Waals surface area contributed by atoms with E-state index < -0.39 is 43.4 Å². The molecule has 1 heterocycles. The Labute approximate surface area is 136 Å². The molecule has 23 heavy (non-hydrogen) atoms. The van der Waals surface area contributed by atoms with E-state index in [0.717, 1.165) is 25.7 Å². The van der Waals surface area contributed by atoms with Crippen LogP contribution in [0.15, 0.2) is 0 Å². The lowest BCUT2D eigenvalue weighted by Gasteiger charge is -2.40. The Morgan fingerprint density at radius 3 is 2.43 bits per heavy atom. The number of hydrogen-bond acceptors (Lipinski definition) is 8. The third-order valence-corrected chi connectivity index (χ3v) is 3.78. The van der Waals surface area contributed by atoms with Gasteiger partial charge in [-0.3, -0.25) is 0 Å². The average molecular weight is 338 g/mol. The van der Waals surface area contributed by atoms with Gasteiger partial charge in [0.05, 0.1) is 19.8 Å². The van der Waals surface area contributed by atoms with E-state index in [1.165, 1.54) is 0 Å². The van der Waals surface area contributed by atoms with Crippen LogP contribution >= 0.6 is 0 Å². The van der Waals surface area contributed by atoms with Crippen LogP contribution in [0.2, 0.25) is 0 Å². The highest BCUT2D eigenvalue weighted by Gasteiger charge is 2.44. The van der Waals surface area contributed by atoms with E-state index in [0.29, 0.717) is 6.61 Å². The number of rotatable bonds is 11. The normalized spacial score (nSPS) is 32.9. The van der Waals surface area contributed by atoms with Gasteiger partial charge in [-0.15, -0.1) is 0 Å². The molecule has 0 bridgehead atoms. The van der Waals surface area contributed by atoms with Gasteiger partial charge < -0.3 is 39.7 Å². The van der Waals surface area contributed by atoms with Gasteiger partial charge in [0.25, 0.3) is 0 Å². The van der Waals surface area contributed by atoms with Crippen LogP contribution in [-0.4, -0.2) is 88.8 Å². The summed E-state index contributed by atoms with van der Waals surface area (Å²) in [6, 6.07) is 0. The van der Waals surface area contributed by atoms with Crippen molar-refractivity contribution in [1.82, 2.24) is 0 Å². The lowest BCUT2D eigenvalue weighted by molar-refractivity contribution is -0.299. The van der Waals surface area contributed by atoms with Crippen LogP contribution in [0.4, 0.5) is 0 Å². The van der Waals surface area contributed by atoms with Crippen molar-refractivity contribution in [3.8, 4) is 0 Å². The zero-order valence-corrected chi connectivity index (χ0v) is 13.6. The second kappa shape index (κ2) is 11.3. The fourth-order valence-electron chi connectivity index (χ4n) is 2.37. The van der Waals surface area contributed by atoms with Gasteiger partial charge in [-0.2, -0.15) is 0 Å². The number of unbranched alkanes of at least 4 members (excludes halogenated alkanes) is 3. The molecular weight excluding hydrogens is 308 g/mol. The van der Waals surface area contributed by atoms with E-state index in [2.05, 4.69) is 6.92 Å². The Bertz CT molecular complexity index is 303. The van der Waals surface area contributed by atoms with Gasteiger partial charge in [-0.1, -0.05) is 26.2 Å². The van der Waals surface area contributed by atoms with Crippen LogP contribution in [0, 0.1) is 0 Å². The molecule has 0 spiro atoms. The van der Waals surface area contributed by atoms with Crippen molar-refractivity contribution in [2.24, 2.45) is 0 Å². The second-order valence-corrected chi connectivity index (χ2v) is 5.82. The molecule has 6 atom stereocenters. The van der Waals surface area contributed by atoms with Crippen molar-refractivity contribution < 1.29 is 39.7 Å². The van der Waals surface area contributed by atoms with Gasteiger partial charge in [0.2, 0.25) is 0 Å². The SMILES string of the molecule is CCCCCCOCC(O)CO[C@@H]1[C@@H](O)[C@@H](O)[C@@H](CO)O[C@H]1O. The summed E-state index contributed by atoms with van der Waals surface area (Å²) in [5.41, 5.74) is 0. The Kier molecular flexibility index (Phi) is 10.2. The third kappa shape index (κ3) is 6.98. The molecule has 1 aliphatic rings. The summed E-state index contributed by atoms with van der Waals surface area (Å²) >= 11 is 0. The zero-order valence-electron chi connectivity index (χ0n) is 13.6. The van der Waals surface area contributed by atoms with Crippen molar-refractivity contribution in [2.45, 2.75) is 69.4 Å². The third-order valence-electron chi connectivity index (χ3n) is 3.78. The first-order valence-electron chi connectivity index (χ1n) is 8.19. The molecule has 0 aromatic rings. The Morgan fingerprint density at radius 1 is 1.04 bits per heavy atom. The summed E-state index contributed by atoms with van der Waals surface area (Å²) in [6.45, 7) is 2.07. The molecule has 0 radical (unpaired) electrons. The fourth-order valence-corrected chi connectivity index (χ4v) is 2.37. The summed E-state index contributed by atoms with van der Waals surface area (Å²) < 4.78 is 15.5. The molecular formula is C15H30O8. The van der Waals surface area contributed by atoms with Crippen LogP contribution in [-0.2, 0) is 14.2 Å². The number of hydrogen-bond donors (Lipinski definition) is 5. The smallest absolute Gasteiger partial charge is 0.184 e. The average Bonchev–Trinajstić information content (AvgIpc) is 2.54. The molecule has 5 N–H and O–H groups in total. The highest BCUT2D eigenvalue weighted by atomic mass is 16.7. The molecule has 1 rings (SSSR count). The van der Waals surface area contributed by atoms with Gasteiger partial charge >= 0.3 is 0 Å². The number of aliphatic hydroxyl groups excluding tert-OH is 5. The highest BCUT2D eigenvalue weighted by Crippen LogP contribution is 2.22. The van der Waals surface area contributed by atoms with Crippen LogP contribution in [0.25, 0.3) is 0 Å². The van der Waals surface area contributed by atoms with Gasteiger partial charge in [0.15, 0.2) is 6.29 Å². The maximum absolute atomic E-state index is 9.88. The van der Waals surface area contributed by atoms with Gasteiger partial charge in [-0.25, -0.2) is 0 Å². The maximum Gasteiger partial charge on any atom is 0.184 e. The van der Waals surface area contributed by atoms with E-state index in [-0.39, 0.29) is 13.2 Å². The summed E-state index contributed by atoms with van der Waals surface area (Å²) in [7, 11) is 0. The van der Waals surface area contributed by atoms with E-state index in [1.807, 2.05) is 0 Å². The molecule has 0 amide bonds. The Morgan fingerprint density at radius 2 is 1.78 bits per heavy atom. The zero-order chi connectivity index (χ0) is 17.2. The van der Waals surface area contributed by atoms with E-state index in [9.17, 15) is 20.4 Å². The number of aliphatic hydroxyl groups is 5. The lowest BCUT2D eigenvalue weighted by Crippen LogP contribution is -2.59. The molecule has 0 aromatic heterocycles. The molecule has 138 valence electrons. The van der Waals surface area contributed by atoms with E-state index >= 15 is 0 Å². The second-order valence-electron chi connectivity index (χ2n) is 5.82. The predicted molar refractivity (Wildman–Crippen MR) is 80.7 cm³/mol. The molecule has 8 heteroatoms. The van der Waals surface area contributed by atoms with Gasteiger partial charge in [-0.05, 0) is 6.42 Å². The number of ether oxygens (including phenoxy) is 3. The first-order chi connectivity index (χ1) is 11.0. The Hall–Kier alpha value is -0.320. The molecule has 1 fully saturated rings. The van der Waals surface area contributed by atoms with Gasteiger partial charge in [0.1, 0.15) is 30.5 Å². The summed E-state index contributed by atoms with van der Waals surface area (Å²) in [4.78, 5) is 0. The molecule has 0 aromatic carbocycles. The molecule has 1 aliphatic heterocycles. The van der Waals surface area contributed by atoms with Crippen LogP contribution in [0.3, 0.4) is 0 Å². The fraction of sp³-hybridized carbons (Fsp3) is 1.00. The summed E-state index contributed by atoms with van der Waals surface area (Å²) in [5, 5.41) is 48.1. The standard InChI is InChI=1S/C15H30O8/c1-2-3-4-5-6-21-8-10(17)9-22-14-13(19)12(18)11(7-16)23-15(14)20/h10-20H,2-9H2,1H3/t10?,11-,12+,13+,14-,15-/m1/s1. The molecule has 1 saturated heterocycles. The first kappa shape index (κ1) is 20.7.